The average Bonchev–Trinajstić information content (AvgIpc) is 3.44. The van der Waals surface area contributed by atoms with Crippen LogP contribution in [0.2, 0.25) is 0 Å². The van der Waals surface area contributed by atoms with E-state index in [1.165, 1.54) is 11.3 Å². The SMILES string of the molecule is COc1ccc(/C=C(/C(=O)Nc2nc3scc(-c4ccccc4)n3n2)c2ccccc2)cc1. The number of amides is 1. The van der Waals surface area contributed by atoms with Crippen molar-refractivity contribution in [1.82, 2.24) is 14.6 Å². The van der Waals surface area contributed by atoms with Crippen LogP contribution in [0.3, 0.4) is 0 Å². The number of benzene rings is 3. The number of hydrogen-bond donors (Lipinski definition) is 1. The van der Waals surface area contributed by atoms with Crippen LogP contribution >= 0.6 is 11.3 Å². The van der Waals surface area contributed by atoms with Crippen LogP contribution in [0.5, 0.6) is 5.75 Å². The third kappa shape index (κ3) is 4.40. The number of nitrogens with zero attached hydrogens (tertiary/aromatic N) is 3. The number of thiazole rings is 1. The van der Waals surface area contributed by atoms with Gasteiger partial charge in [0.25, 0.3) is 11.9 Å². The van der Waals surface area contributed by atoms with Gasteiger partial charge in [-0.2, -0.15) is 4.98 Å². The Hall–Kier alpha value is -4.23. The predicted molar refractivity (Wildman–Crippen MR) is 132 cm³/mol. The normalized spacial score (nSPS) is 11.5. The first-order valence-electron chi connectivity index (χ1n) is 10.3. The summed E-state index contributed by atoms with van der Waals surface area (Å²) in [7, 11) is 1.62. The van der Waals surface area contributed by atoms with Crippen LogP contribution in [-0.4, -0.2) is 27.6 Å². The van der Waals surface area contributed by atoms with Gasteiger partial charge in [-0.05, 0) is 29.3 Å². The minimum absolute atomic E-state index is 0.264. The molecular formula is C26H20N4O2S. The van der Waals surface area contributed by atoms with Gasteiger partial charge in [0.15, 0.2) is 0 Å². The molecule has 0 radical (unpaired) electrons. The van der Waals surface area contributed by atoms with Crippen LogP contribution in [0.1, 0.15) is 11.1 Å². The summed E-state index contributed by atoms with van der Waals surface area (Å²) < 4.78 is 6.99. The Morgan fingerprint density at radius 3 is 2.36 bits per heavy atom. The number of rotatable bonds is 6. The Bertz CT molecular complexity index is 1420. The van der Waals surface area contributed by atoms with Crippen molar-refractivity contribution in [3.8, 4) is 17.0 Å². The van der Waals surface area contributed by atoms with E-state index >= 15 is 0 Å². The molecule has 1 amide bonds. The van der Waals surface area contributed by atoms with E-state index in [0.717, 1.165) is 28.1 Å². The lowest BCUT2D eigenvalue weighted by Crippen LogP contribution is -2.15. The van der Waals surface area contributed by atoms with Crippen molar-refractivity contribution in [2.24, 2.45) is 0 Å². The minimum Gasteiger partial charge on any atom is -0.497 e. The van der Waals surface area contributed by atoms with Crippen LogP contribution < -0.4 is 10.1 Å². The van der Waals surface area contributed by atoms with E-state index in [4.69, 9.17) is 4.74 Å². The van der Waals surface area contributed by atoms with Crippen molar-refractivity contribution in [2.45, 2.75) is 0 Å². The highest BCUT2D eigenvalue weighted by Crippen LogP contribution is 2.26. The quantitative estimate of drug-likeness (QED) is 0.267. The number of fused-ring (bicyclic) bond motifs is 1. The molecule has 33 heavy (non-hydrogen) atoms. The summed E-state index contributed by atoms with van der Waals surface area (Å²) in [5.74, 6) is 0.742. The molecule has 0 bridgehead atoms. The van der Waals surface area contributed by atoms with Gasteiger partial charge in [0.2, 0.25) is 4.96 Å². The van der Waals surface area contributed by atoms with Gasteiger partial charge < -0.3 is 4.74 Å². The molecule has 0 fully saturated rings. The molecule has 1 N–H and O–H groups in total. The monoisotopic (exact) mass is 452 g/mol. The first-order valence-corrected chi connectivity index (χ1v) is 11.2. The van der Waals surface area contributed by atoms with Gasteiger partial charge in [0.1, 0.15) is 5.75 Å². The van der Waals surface area contributed by atoms with Gasteiger partial charge in [-0.25, -0.2) is 4.52 Å². The van der Waals surface area contributed by atoms with E-state index in [-0.39, 0.29) is 11.9 Å². The van der Waals surface area contributed by atoms with Crippen LogP contribution in [0.25, 0.3) is 27.9 Å². The summed E-state index contributed by atoms with van der Waals surface area (Å²) in [6, 6.07) is 27.1. The smallest absolute Gasteiger partial charge is 0.258 e. The first kappa shape index (κ1) is 20.7. The van der Waals surface area contributed by atoms with E-state index < -0.39 is 0 Å². The van der Waals surface area contributed by atoms with Crippen molar-refractivity contribution >= 4 is 39.8 Å². The number of nitrogens with one attached hydrogen (secondary N) is 1. The summed E-state index contributed by atoms with van der Waals surface area (Å²) in [5.41, 5.74) is 4.17. The molecule has 0 atom stereocenters. The van der Waals surface area contributed by atoms with E-state index in [1.807, 2.05) is 96.4 Å². The van der Waals surface area contributed by atoms with Crippen molar-refractivity contribution in [2.75, 3.05) is 12.4 Å². The van der Waals surface area contributed by atoms with Gasteiger partial charge in [0, 0.05) is 16.5 Å². The highest BCUT2D eigenvalue weighted by atomic mass is 32.1. The molecule has 2 heterocycles. The summed E-state index contributed by atoms with van der Waals surface area (Å²) in [5, 5.41) is 9.41. The highest BCUT2D eigenvalue weighted by molar-refractivity contribution is 7.15. The van der Waals surface area contributed by atoms with Crippen LogP contribution in [0, 0.1) is 0 Å². The fourth-order valence-electron chi connectivity index (χ4n) is 3.47. The molecular weight excluding hydrogens is 432 g/mol. The Kier molecular flexibility index (Phi) is 5.70. The second kappa shape index (κ2) is 9.10. The van der Waals surface area contributed by atoms with Crippen molar-refractivity contribution in [1.29, 1.82) is 0 Å². The lowest BCUT2D eigenvalue weighted by atomic mass is 10.0. The zero-order valence-electron chi connectivity index (χ0n) is 17.8. The predicted octanol–water partition coefficient (Wildman–Crippen LogP) is 5.65. The van der Waals surface area contributed by atoms with Gasteiger partial charge in [0.05, 0.1) is 12.8 Å². The maximum atomic E-state index is 13.3. The first-order chi connectivity index (χ1) is 16.2. The zero-order chi connectivity index (χ0) is 22.6. The van der Waals surface area contributed by atoms with Gasteiger partial charge in [-0.15, -0.1) is 16.4 Å². The fourth-order valence-corrected chi connectivity index (χ4v) is 4.31. The number of methoxy groups -OCH3 is 1. The van der Waals surface area contributed by atoms with Gasteiger partial charge >= 0.3 is 0 Å². The van der Waals surface area contributed by atoms with E-state index in [0.29, 0.717) is 10.5 Å². The van der Waals surface area contributed by atoms with E-state index in [9.17, 15) is 4.79 Å². The average molecular weight is 453 g/mol. The minimum atomic E-state index is -0.281. The molecule has 0 spiro atoms. The lowest BCUT2D eigenvalue weighted by Gasteiger charge is -2.08. The van der Waals surface area contributed by atoms with Crippen LogP contribution in [0.15, 0.2) is 90.3 Å². The topological polar surface area (TPSA) is 68.5 Å². The molecule has 7 heteroatoms. The van der Waals surface area contributed by atoms with Gasteiger partial charge in [-0.1, -0.05) is 72.8 Å². The molecule has 5 rings (SSSR count). The largest absolute Gasteiger partial charge is 0.497 e. The molecule has 162 valence electrons. The molecule has 0 aliphatic carbocycles. The molecule has 0 aliphatic heterocycles. The number of carbonyl (C=O) groups excluding carboxylic acids is 1. The molecule has 3 aromatic carbocycles. The standard InChI is InChI=1S/C26H20N4O2S/c1-32-21-14-12-18(13-15-21)16-22(19-8-4-2-5-9-19)24(31)27-25-28-26-30(29-25)23(17-33-26)20-10-6-3-7-11-20/h2-17H,1H3,(H,27,29,31)/b22-16+. The highest BCUT2D eigenvalue weighted by Gasteiger charge is 2.17. The lowest BCUT2D eigenvalue weighted by molar-refractivity contribution is -0.111. The Morgan fingerprint density at radius 2 is 1.67 bits per heavy atom. The molecule has 2 aromatic heterocycles. The van der Waals surface area contributed by atoms with Crippen LogP contribution in [-0.2, 0) is 4.79 Å². The second-order valence-corrected chi connectivity index (χ2v) is 8.10. The molecule has 0 saturated carbocycles. The number of hydrogen-bond acceptors (Lipinski definition) is 5. The van der Waals surface area contributed by atoms with Gasteiger partial charge in [-0.3, -0.25) is 10.1 Å². The zero-order valence-corrected chi connectivity index (χ0v) is 18.6. The number of ether oxygens (including phenoxy) is 1. The molecule has 0 aliphatic rings. The fraction of sp³-hybridized carbons (Fsp3) is 0.0385. The molecule has 5 aromatic rings. The molecule has 0 unspecified atom stereocenters. The molecule has 6 nitrogen and oxygen atoms in total. The maximum Gasteiger partial charge on any atom is 0.258 e. The van der Waals surface area contributed by atoms with Crippen molar-refractivity contribution in [3.63, 3.8) is 0 Å². The summed E-state index contributed by atoms with van der Waals surface area (Å²) in [4.78, 5) is 18.5. The Balaban J connectivity index is 1.47. The van der Waals surface area contributed by atoms with Crippen molar-refractivity contribution < 1.29 is 9.53 Å². The third-order valence-corrected chi connectivity index (χ3v) is 5.95. The van der Waals surface area contributed by atoms with E-state index in [2.05, 4.69) is 15.4 Å². The maximum absolute atomic E-state index is 13.3. The Morgan fingerprint density at radius 1 is 0.970 bits per heavy atom. The summed E-state index contributed by atoms with van der Waals surface area (Å²) >= 11 is 1.48. The Labute approximate surface area is 194 Å². The number of aromatic nitrogens is 3. The summed E-state index contributed by atoms with van der Waals surface area (Å²) in [6.07, 6.45) is 1.85. The summed E-state index contributed by atoms with van der Waals surface area (Å²) in [6.45, 7) is 0. The second-order valence-electron chi connectivity index (χ2n) is 7.27. The number of carbonyl (C=O) groups is 1. The third-order valence-electron chi connectivity index (χ3n) is 5.13. The van der Waals surface area contributed by atoms with Crippen molar-refractivity contribution in [3.05, 3.63) is 101 Å². The van der Waals surface area contributed by atoms with Crippen LogP contribution in [0.4, 0.5) is 5.95 Å². The number of anilines is 1. The van der Waals surface area contributed by atoms with E-state index in [1.54, 1.807) is 11.6 Å². The molecule has 0 saturated heterocycles.